The standard InChI is InChI=1S/C20H40NO/c1-5-9-16-21(17-10-6-2,18-11-7-3)19-14-12-13-15-20(22)8-4/h4,20,22H,5-7,9-19H2,1-3H3/q+1. The normalized spacial score (nSPS) is 13.0. The summed E-state index contributed by atoms with van der Waals surface area (Å²) in [6.45, 7) is 12.3. The molecule has 0 aliphatic carbocycles. The Bertz CT molecular complexity index is 260. The van der Waals surface area contributed by atoms with Crippen LogP contribution in [0.5, 0.6) is 0 Å². The van der Waals surface area contributed by atoms with Gasteiger partial charge in [-0.15, -0.1) is 6.42 Å². The van der Waals surface area contributed by atoms with Gasteiger partial charge in [-0.2, -0.15) is 0 Å². The second-order valence-corrected chi connectivity index (χ2v) is 6.83. The first-order valence-electron chi connectivity index (χ1n) is 9.63. The van der Waals surface area contributed by atoms with E-state index in [1.807, 2.05) is 0 Å². The van der Waals surface area contributed by atoms with Crippen LogP contribution in [0.4, 0.5) is 0 Å². The third-order valence-electron chi connectivity index (χ3n) is 4.76. The highest BCUT2D eigenvalue weighted by Gasteiger charge is 2.25. The van der Waals surface area contributed by atoms with Gasteiger partial charge < -0.3 is 9.59 Å². The van der Waals surface area contributed by atoms with Crippen LogP contribution in [0, 0.1) is 12.3 Å². The number of terminal acetylenes is 1. The third-order valence-corrected chi connectivity index (χ3v) is 4.76. The number of rotatable bonds is 15. The summed E-state index contributed by atoms with van der Waals surface area (Å²) in [5.74, 6) is 2.41. The molecular formula is C20H40NO+. The number of aliphatic hydroxyl groups is 1. The van der Waals surface area contributed by atoms with E-state index in [4.69, 9.17) is 6.42 Å². The van der Waals surface area contributed by atoms with Gasteiger partial charge in [0.05, 0.1) is 26.2 Å². The molecule has 2 heteroatoms. The van der Waals surface area contributed by atoms with E-state index < -0.39 is 6.10 Å². The van der Waals surface area contributed by atoms with Crippen LogP contribution in [-0.4, -0.2) is 41.9 Å². The van der Waals surface area contributed by atoms with Crippen LogP contribution in [0.2, 0.25) is 0 Å². The lowest BCUT2D eigenvalue weighted by molar-refractivity contribution is -0.929. The molecule has 1 atom stereocenters. The Balaban J connectivity index is 4.36. The van der Waals surface area contributed by atoms with Gasteiger partial charge >= 0.3 is 0 Å². The quantitative estimate of drug-likeness (QED) is 0.263. The minimum Gasteiger partial charge on any atom is -0.380 e. The predicted octanol–water partition coefficient (Wildman–Crippen LogP) is 4.76. The molecule has 0 radical (unpaired) electrons. The molecule has 0 bridgehead atoms. The van der Waals surface area contributed by atoms with Crippen molar-refractivity contribution in [3.05, 3.63) is 0 Å². The Labute approximate surface area is 139 Å². The third kappa shape index (κ3) is 10.2. The van der Waals surface area contributed by atoms with E-state index in [9.17, 15) is 5.11 Å². The Kier molecular flexibility index (Phi) is 13.8. The lowest BCUT2D eigenvalue weighted by Gasteiger charge is -2.39. The Hall–Kier alpha value is -0.520. The van der Waals surface area contributed by atoms with E-state index in [1.165, 1.54) is 82.0 Å². The van der Waals surface area contributed by atoms with Crippen LogP contribution in [0.25, 0.3) is 0 Å². The van der Waals surface area contributed by atoms with Crippen LogP contribution in [-0.2, 0) is 0 Å². The molecule has 0 aliphatic rings. The Morgan fingerprint density at radius 2 is 1.23 bits per heavy atom. The van der Waals surface area contributed by atoms with Crippen LogP contribution in [0.1, 0.15) is 85.0 Å². The van der Waals surface area contributed by atoms with Gasteiger partial charge in [0.1, 0.15) is 6.10 Å². The first-order valence-corrected chi connectivity index (χ1v) is 9.63. The van der Waals surface area contributed by atoms with Crippen molar-refractivity contribution in [3.8, 4) is 12.3 Å². The van der Waals surface area contributed by atoms with E-state index in [-0.39, 0.29) is 0 Å². The maximum atomic E-state index is 9.43. The molecule has 2 nitrogen and oxygen atoms in total. The summed E-state index contributed by atoms with van der Waals surface area (Å²) in [4.78, 5) is 0. The van der Waals surface area contributed by atoms with Gasteiger partial charge in [-0.1, -0.05) is 46.0 Å². The van der Waals surface area contributed by atoms with E-state index in [2.05, 4.69) is 26.7 Å². The lowest BCUT2D eigenvalue weighted by atomic mass is 10.1. The Morgan fingerprint density at radius 3 is 1.64 bits per heavy atom. The van der Waals surface area contributed by atoms with E-state index in [1.54, 1.807) is 0 Å². The molecule has 130 valence electrons. The van der Waals surface area contributed by atoms with Gasteiger partial charge in [0.15, 0.2) is 0 Å². The molecule has 1 unspecified atom stereocenters. The highest BCUT2D eigenvalue weighted by Crippen LogP contribution is 2.17. The van der Waals surface area contributed by atoms with Crippen LogP contribution >= 0.6 is 0 Å². The van der Waals surface area contributed by atoms with Gasteiger partial charge in [-0.25, -0.2) is 0 Å². The molecule has 0 aromatic heterocycles. The Morgan fingerprint density at radius 1 is 0.773 bits per heavy atom. The summed E-state index contributed by atoms with van der Waals surface area (Å²) in [6, 6.07) is 0. The molecule has 0 spiro atoms. The smallest absolute Gasteiger partial charge is 0.114 e. The van der Waals surface area contributed by atoms with Gasteiger partial charge in [-0.05, 0) is 44.9 Å². The van der Waals surface area contributed by atoms with Crippen molar-refractivity contribution < 1.29 is 9.59 Å². The van der Waals surface area contributed by atoms with E-state index >= 15 is 0 Å². The molecule has 0 saturated carbocycles. The SMILES string of the molecule is C#CC(O)CCCCC[N+](CCCC)(CCCC)CCCC. The van der Waals surface area contributed by atoms with Crippen LogP contribution in [0.15, 0.2) is 0 Å². The number of nitrogens with zero attached hydrogens (tertiary/aromatic N) is 1. The molecule has 0 amide bonds. The monoisotopic (exact) mass is 310 g/mol. The predicted molar refractivity (Wildman–Crippen MR) is 97.8 cm³/mol. The molecule has 0 aromatic rings. The van der Waals surface area contributed by atoms with Crippen LogP contribution < -0.4 is 0 Å². The second kappa shape index (κ2) is 14.1. The van der Waals surface area contributed by atoms with Crippen molar-refractivity contribution in [2.45, 2.75) is 91.1 Å². The molecule has 0 saturated heterocycles. The molecule has 1 N–H and O–H groups in total. The minimum atomic E-state index is -0.542. The van der Waals surface area contributed by atoms with Crippen molar-refractivity contribution in [1.29, 1.82) is 0 Å². The average Bonchev–Trinajstić information content (AvgIpc) is 2.55. The van der Waals surface area contributed by atoms with Crippen LogP contribution in [0.3, 0.4) is 0 Å². The molecule has 0 fully saturated rings. The first kappa shape index (κ1) is 21.5. The highest BCUT2D eigenvalue weighted by molar-refractivity contribution is 4.92. The van der Waals surface area contributed by atoms with E-state index in [0.29, 0.717) is 0 Å². The number of hydrogen-bond donors (Lipinski definition) is 1. The summed E-state index contributed by atoms with van der Waals surface area (Å²) in [7, 11) is 0. The fraction of sp³-hybridized carbons (Fsp3) is 0.900. The topological polar surface area (TPSA) is 20.2 Å². The number of hydrogen-bond acceptors (Lipinski definition) is 1. The zero-order valence-electron chi connectivity index (χ0n) is 15.4. The van der Waals surface area contributed by atoms with Crippen molar-refractivity contribution in [2.24, 2.45) is 0 Å². The summed E-state index contributed by atoms with van der Waals surface area (Å²) < 4.78 is 1.33. The van der Waals surface area contributed by atoms with Crippen molar-refractivity contribution in [2.75, 3.05) is 26.2 Å². The molecule has 0 aliphatic heterocycles. The van der Waals surface area contributed by atoms with Crippen molar-refractivity contribution in [3.63, 3.8) is 0 Å². The largest absolute Gasteiger partial charge is 0.380 e. The minimum absolute atomic E-state index is 0.542. The van der Waals surface area contributed by atoms with Gasteiger partial charge in [-0.3, -0.25) is 0 Å². The van der Waals surface area contributed by atoms with E-state index in [0.717, 1.165) is 12.8 Å². The number of unbranched alkanes of at least 4 members (excludes halogenated alkanes) is 5. The molecule has 22 heavy (non-hydrogen) atoms. The molecule has 0 heterocycles. The average molecular weight is 311 g/mol. The summed E-state index contributed by atoms with van der Waals surface area (Å²) >= 11 is 0. The fourth-order valence-corrected chi connectivity index (χ4v) is 3.20. The zero-order valence-corrected chi connectivity index (χ0v) is 15.4. The van der Waals surface area contributed by atoms with Gasteiger partial charge in [0, 0.05) is 0 Å². The highest BCUT2D eigenvalue weighted by atomic mass is 16.3. The maximum Gasteiger partial charge on any atom is 0.114 e. The second-order valence-electron chi connectivity index (χ2n) is 6.83. The summed E-state index contributed by atoms with van der Waals surface area (Å²) in [6.07, 6.45) is 16.9. The lowest BCUT2D eigenvalue weighted by Crippen LogP contribution is -2.50. The molecule has 0 aromatic carbocycles. The maximum absolute atomic E-state index is 9.43. The van der Waals surface area contributed by atoms with Crippen molar-refractivity contribution >= 4 is 0 Å². The van der Waals surface area contributed by atoms with Crippen molar-refractivity contribution in [1.82, 2.24) is 0 Å². The van der Waals surface area contributed by atoms with Gasteiger partial charge in [0.2, 0.25) is 0 Å². The molecule has 0 rings (SSSR count). The summed E-state index contributed by atoms with van der Waals surface area (Å²) in [5, 5.41) is 9.43. The van der Waals surface area contributed by atoms with Gasteiger partial charge in [0.25, 0.3) is 0 Å². The number of quaternary nitrogens is 1. The number of aliphatic hydroxyl groups excluding tert-OH is 1. The first-order chi connectivity index (χ1) is 10.6. The fourth-order valence-electron chi connectivity index (χ4n) is 3.20. The zero-order chi connectivity index (χ0) is 16.7. The summed E-state index contributed by atoms with van der Waals surface area (Å²) in [5.41, 5.74) is 0. The molecular weight excluding hydrogens is 270 g/mol.